The van der Waals surface area contributed by atoms with Crippen molar-refractivity contribution in [2.24, 2.45) is 0 Å². The molecule has 1 aliphatic heterocycles. The molecule has 4 heteroatoms. The molecule has 1 saturated heterocycles. The molecule has 1 aromatic carbocycles. The van der Waals surface area contributed by atoms with E-state index in [2.05, 4.69) is 15.5 Å². The van der Waals surface area contributed by atoms with E-state index in [4.69, 9.17) is 4.98 Å². The number of aliphatic hydroxyl groups excluding tert-OH is 1. The standard InChI is InChI=1S/C13H17N3O/c17-10-9-16-12-6-2-1-5-11(12)14-13(16)15-7-3-4-8-15/h1-2,5-6,17H,3-4,7-10H2. The van der Waals surface area contributed by atoms with Crippen LogP contribution in [0.2, 0.25) is 0 Å². The molecule has 1 aliphatic rings. The second kappa shape index (κ2) is 4.37. The van der Waals surface area contributed by atoms with Crippen LogP contribution in [0.15, 0.2) is 24.3 Å². The first-order chi connectivity index (χ1) is 8.40. The average Bonchev–Trinajstić information content (AvgIpc) is 2.97. The third-order valence-electron chi connectivity index (χ3n) is 3.35. The fraction of sp³-hybridized carbons (Fsp3) is 0.462. The van der Waals surface area contributed by atoms with Crippen LogP contribution < -0.4 is 4.90 Å². The highest BCUT2D eigenvalue weighted by molar-refractivity contribution is 5.78. The SMILES string of the molecule is OCCn1c(N2CCCC2)nc2ccccc21. The summed E-state index contributed by atoms with van der Waals surface area (Å²) in [6, 6.07) is 8.12. The summed E-state index contributed by atoms with van der Waals surface area (Å²) in [4.78, 5) is 7.01. The van der Waals surface area contributed by atoms with Crippen LogP contribution in [0.5, 0.6) is 0 Å². The number of para-hydroxylation sites is 2. The van der Waals surface area contributed by atoms with Crippen LogP contribution in [-0.4, -0.2) is 34.4 Å². The van der Waals surface area contributed by atoms with Crippen LogP contribution in [0.1, 0.15) is 12.8 Å². The minimum Gasteiger partial charge on any atom is -0.395 e. The van der Waals surface area contributed by atoms with Crippen molar-refractivity contribution in [3.05, 3.63) is 24.3 Å². The van der Waals surface area contributed by atoms with Gasteiger partial charge in [0.15, 0.2) is 0 Å². The molecule has 90 valence electrons. The summed E-state index contributed by atoms with van der Waals surface area (Å²) in [5, 5.41) is 9.20. The largest absolute Gasteiger partial charge is 0.395 e. The number of fused-ring (bicyclic) bond motifs is 1. The first kappa shape index (κ1) is 10.6. The van der Waals surface area contributed by atoms with Gasteiger partial charge >= 0.3 is 0 Å². The van der Waals surface area contributed by atoms with E-state index >= 15 is 0 Å². The predicted molar refractivity (Wildman–Crippen MR) is 68.3 cm³/mol. The van der Waals surface area contributed by atoms with Crippen molar-refractivity contribution in [1.29, 1.82) is 0 Å². The smallest absolute Gasteiger partial charge is 0.206 e. The molecule has 0 unspecified atom stereocenters. The fourth-order valence-electron chi connectivity index (χ4n) is 2.54. The molecule has 0 saturated carbocycles. The van der Waals surface area contributed by atoms with Crippen LogP contribution in [-0.2, 0) is 6.54 Å². The lowest BCUT2D eigenvalue weighted by Crippen LogP contribution is -2.22. The first-order valence-electron chi connectivity index (χ1n) is 6.21. The van der Waals surface area contributed by atoms with Crippen LogP contribution in [0, 0.1) is 0 Å². The molecule has 2 heterocycles. The highest BCUT2D eigenvalue weighted by atomic mass is 16.3. The second-order valence-corrected chi connectivity index (χ2v) is 4.47. The number of imidazole rings is 1. The van der Waals surface area contributed by atoms with E-state index in [0.29, 0.717) is 6.54 Å². The highest BCUT2D eigenvalue weighted by Gasteiger charge is 2.19. The van der Waals surface area contributed by atoms with Gasteiger partial charge in [-0.2, -0.15) is 0 Å². The molecule has 1 aromatic heterocycles. The van der Waals surface area contributed by atoms with Crippen molar-refractivity contribution >= 4 is 17.0 Å². The third-order valence-corrected chi connectivity index (χ3v) is 3.35. The summed E-state index contributed by atoms with van der Waals surface area (Å²) >= 11 is 0. The molecule has 2 aromatic rings. The lowest BCUT2D eigenvalue weighted by Gasteiger charge is -2.18. The molecule has 0 bridgehead atoms. The summed E-state index contributed by atoms with van der Waals surface area (Å²) in [7, 11) is 0. The van der Waals surface area contributed by atoms with Crippen molar-refractivity contribution in [2.45, 2.75) is 19.4 Å². The second-order valence-electron chi connectivity index (χ2n) is 4.47. The van der Waals surface area contributed by atoms with E-state index in [1.165, 1.54) is 12.8 Å². The maximum absolute atomic E-state index is 9.20. The normalized spacial score (nSPS) is 15.9. The number of hydrogen-bond donors (Lipinski definition) is 1. The Labute approximate surface area is 100 Å². The zero-order valence-electron chi connectivity index (χ0n) is 9.84. The Morgan fingerprint density at radius 2 is 1.94 bits per heavy atom. The van der Waals surface area contributed by atoms with Gasteiger partial charge < -0.3 is 14.6 Å². The Hall–Kier alpha value is -1.55. The van der Waals surface area contributed by atoms with Crippen molar-refractivity contribution in [3.8, 4) is 0 Å². The Kier molecular flexibility index (Phi) is 2.73. The lowest BCUT2D eigenvalue weighted by atomic mass is 10.3. The molecule has 1 N–H and O–H groups in total. The van der Waals surface area contributed by atoms with E-state index in [1.54, 1.807) is 0 Å². The zero-order valence-corrected chi connectivity index (χ0v) is 9.84. The van der Waals surface area contributed by atoms with Gasteiger partial charge in [0.05, 0.1) is 17.6 Å². The maximum Gasteiger partial charge on any atom is 0.206 e. The lowest BCUT2D eigenvalue weighted by molar-refractivity contribution is 0.278. The first-order valence-corrected chi connectivity index (χ1v) is 6.21. The summed E-state index contributed by atoms with van der Waals surface area (Å²) in [6.45, 7) is 2.93. The van der Waals surface area contributed by atoms with Crippen molar-refractivity contribution < 1.29 is 5.11 Å². The highest BCUT2D eigenvalue weighted by Crippen LogP contribution is 2.25. The summed E-state index contributed by atoms with van der Waals surface area (Å²) in [5.41, 5.74) is 2.13. The number of aromatic nitrogens is 2. The number of anilines is 1. The number of aliphatic hydroxyl groups is 1. The van der Waals surface area contributed by atoms with Crippen molar-refractivity contribution in [3.63, 3.8) is 0 Å². The minimum absolute atomic E-state index is 0.154. The van der Waals surface area contributed by atoms with E-state index in [9.17, 15) is 5.11 Å². The number of nitrogens with zero attached hydrogens (tertiary/aromatic N) is 3. The number of hydrogen-bond acceptors (Lipinski definition) is 3. The van der Waals surface area contributed by atoms with Gasteiger partial charge in [-0.3, -0.25) is 0 Å². The quantitative estimate of drug-likeness (QED) is 0.873. The molecule has 17 heavy (non-hydrogen) atoms. The maximum atomic E-state index is 9.20. The van der Waals surface area contributed by atoms with Crippen molar-refractivity contribution in [2.75, 3.05) is 24.6 Å². The molecule has 0 spiro atoms. The van der Waals surface area contributed by atoms with Gasteiger partial charge in [-0.05, 0) is 25.0 Å². The van der Waals surface area contributed by atoms with Gasteiger partial charge in [0.2, 0.25) is 5.95 Å². The summed E-state index contributed by atoms with van der Waals surface area (Å²) in [5.74, 6) is 1.01. The van der Waals surface area contributed by atoms with E-state index in [-0.39, 0.29) is 6.61 Å². The van der Waals surface area contributed by atoms with E-state index in [1.807, 2.05) is 18.2 Å². The zero-order chi connectivity index (χ0) is 11.7. The molecule has 1 fully saturated rings. The molecule has 3 rings (SSSR count). The molecule has 0 atom stereocenters. The number of rotatable bonds is 3. The molecule has 4 nitrogen and oxygen atoms in total. The molecule has 0 amide bonds. The van der Waals surface area contributed by atoms with Crippen LogP contribution in [0.4, 0.5) is 5.95 Å². The van der Waals surface area contributed by atoms with Crippen LogP contribution in [0.3, 0.4) is 0 Å². The molecular formula is C13H17N3O. The Morgan fingerprint density at radius 1 is 1.18 bits per heavy atom. The van der Waals surface area contributed by atoms with Gasteiger partial charge in [0.1, 0.15) is 0 Å². The van der Waals surface area contributed by atoms with E-state index in [0.717, 1.165) is 30.1 Å². The minimum atomic E-state index is 0.154. The topological polar surface area (TPSA) is 41.3 Å². The van der Waals surface area contributed by atoms with Gasteiger partial charge in [-0.15, -0.1) is 0 Å². The Balaban J connectivity index is 2.11. The van der Waals surface area contributed by atoms with Gasteiger partial charge in [0, 0.05) is 19.6 Å². The van der Waals surface area contributed by atoms with Gasteiger partial charge in [0.25, 0.3) is 0 Å². The summed E-state index contributed by atoms with van der Waals surface area (Å²) in [6.07, 6.45) is 2.48. The van der Waals surface area contributed by atoms with Gasteiger partial charge in [-0.25, -0.2) is 4.98 Å². The van der Waals surface area contributed by atoms with E-state index < -0.39 is 0 Å². The Bertz CT molecular complexity index is 514. The molecule has 0 aliphatic carbocycles. The molecule has 0 radical (unpaired) electrons. The van der Waals surface area contributed by atoms with Crippen LogP contribution >= 0.6 is 0 Å². The summed E-state index contributed by atoms with van der Waals surface area (Å²) < 4.78 is 2.13. The molecular weight excluding hydrogens is 214 g/mol. The van der Waals surface area contributed by atoms with Crippen molar-refractivity contribution in [1.82, 2.24) is 9.55 Å². The third kappa shape index (κ3) is 1.78. The Morgan fingerprint density at radius 3 is 2.71 bits per heavy atom. The fourth-order valence-corrected chi connectivity index (χ4v) is 2.54. The monoisotopic (exact) mass is 231 g/mol. The van der Waals surface area contributed by atoms with Gasteiger partial charge in [-0.1, -0.05) is 12.1 Å². The average molecular weight is 231 g/mol. The van der Waals surface area contributed by atoms with Crippen LogP contribution in [0.25, 0.3) is 11.0 Å². The predicted octanol–water partition coefficient (Wildman–Crippen LogP) is 1.63. The number of benzene rings is 1.